The minimum absolute atomic E-state index is 0.0458. The first-order chi connectivity index (χ1) is 9.56. The second kappa shape index (κ2) is 5.26. The molecule has 1 saturated heterocycles. The average Bonchev–Trinajstić information content (AvgIpc) is 2.75. The molecule has 4 nitrogen and oxygen atoms in total. The van der Waals surface area contributed by atoms with Crippen LogP contribution in [0.3, 0.4) is 0 Å². The number of fused-ring (bicyclic) bond motifs is 1. The third-order valence-electron chi connectivity index (χ3n) is 3.41. The van der Waals surface area contributed by atoms with Crippen molar-refractivity contribution < 1.29 is 4.79 Å². The van der Waals surface area contributed by atoms with Gasteiger partial charge in [-0.25, -0.2) is 4.98 Å². The molecule has 0 aromatic carbocycles. The number of nitrogen functional groups attached to an aromatic ring is 1. The fourth-order valence-corrected chi connectivity index (χ4v) is 4.95. The van der Waals surface area contributed by atoms with Crippen molar-refractivity contribution in [2.75, 3.05) is 18.8 Å². The van der Waals surface area contributed by atoms with Gasteiger partial charge in [-0.05, 0) is 12.1 Å². The van der Waals surface area contributed by atoms with Gasteiger partial charge in [0, 0.05) is 35.2 Å². The summed E-state index contributed by atoms with van der Waals surface area (Å²) < 4.78 is 0. The minimum atomic E-state index is 0.0458. The van der Waals surface area contributed by atoms with E-state index in [1.165, 1.54) is 11.3 Å². The van der Waals surface area contributed by atoms with Gasteiger partial charge in [-0.3, -0.25) is 4.79 Å². The van der Waals surface area contributed by atoms with Crippen molar-refractivity contribution in [3.63, 3.8) is 0 Å². The second-order valence-corrected chi connectivity index (χ2v) is 8.05. The van der Waals surface area contributed by atoms with E-state index in [0.717, 1.165) is 23.3 Å². The van der Waals surface area contributed by atoms with Crippen molar-refractivity contribution in [1.82, 2.24) is 9.88 Å². The molecule has 1 aliphatic rings. The SMILES string of the molecule is CC1CN(C(=O)c2sc3ncccc3c2N)CC(C)S1. The van der Waals surface area contributed by atoms with E-state index >= 15 is 0 Å². The summed E-state index contributed by atoms with van der Waals surface area (Å²) >= 11 is 3.33. The van der Waals surface area contributed by atoms with Crippen molar-refractivity contribution in [2.45, 2.75) is 24.3 Å². The number of hydrogen-bond donors (Lipinski definition) is 1. The molecule has 0 aliphatic carbocycles. The summed E-state index contributed by atoms with van der Waals surface area (Å²) in [5.41, 5.74) is 6.70. The second-order valence-electron chi connectivity index (χ2n) is 5.17. The van der Waals surface area contributed by atoms with Crippen LogP contribution in [0.2, 0.25) is 0 Å². The van der Waals surface area contributed by atoms with Crippen LogP contribution in [0, 0.1) is 0 Å². The van der Waals surface area contributed by atoms with E-state index in [1.807, 2.05) is 28.8 Å². The van der Waals surface area contributed by atoms with Crippen LogP contribution in [0.5, 0.6) is 0 Å². The van der Waals surface area contributed by atoms with Crippen LogP contribution < -0.4 is 5.73 Å². The molecule has 20 heavy (non-hydrogen) atoms. The first-order valence-electron chi connectivity index (χ1n) is 6.64. The summed E-state index contributed by atoms with van der Waals surface area (Å²) in [6.45, 7) is 5.90. The predicted octanol–water partition coefficient (Wildman–Crippen LogP) is 2.84. The zero-order chi connectivity index (χ0) is 14.3. The van der Waals surface area contributed by atoms with Gasteiger partial charge < -0.3 is 10.6 Å². The molecule has 2 aromatic rings. The molecular formula is C14H17N3OS2. The Morgan fingerprint density at radius 2 is 2.10 bits per heavy atom. The highest BCUT2D eigenvalue weighted by atomic mass is 32.2. The number of aromatic nitrogens is 1. The lowest BCUT2D eigenvalue weighted by molar-refractivity contribution is 0.0759. The maximum atomic E-state index is 12.7. The van der Waals surface area contributed by atoms with Gasteiger partial charge in [0.25, 0.3) is 5.91 Å². The number of thioether (sulfide) groups is 1. The van der Waals surface area contributed by atoms with Gasteiger partial charge in [0.15, 0.2) is 0 Å². The summed E-state index contributed by atoms with van der Waals surface area (Å²) in [6.07, 6.45) is 1.73. The Bertz CT molecular complexity index is 645. The molecule has 1 amide bonds. The molecule has 0 radical (unpaired) electrons. The lowest BCUT2D eigenvalue weighted by Gasteiger charge is -2.34. The van der Waals surface area contributed by atoms with E-state index in [1.54, 1.807) is 6.20 Å². The monoisotopic (exact) mass is 307 g/mol. The molecule has 2 aromatic heterocycles. The third kappa shape index (κ3) is 2.38. The smallest absolute Gasteiger partial charge is 0.266 e. The number of hydrogen-bond acceptors (Lipinski definition) is 5. The number of amides is 1. The molecule has 0 spiro atoms. The first-order valence-corrected chi connectivity index (χ1v) is 8.40. The van der Waals surface area contributed by atoms with Crippen LogP contribution in [0.25, 0.3) is 10.2 Å². The molecule has 2 N–H and O–H groups in total. The Balaban J connectivity index is 1.94. The van der Waals surface area contributed by atoms with Crippen molar-refractivity contribution in [2.24, 2.45) is 0 Å². The Kier molecular flexibility index (Phi) is 3.60. The predicted molar refractivity (Wildman–Crippen MR) is 86.5 cm³/mol. The molecule has 3 heterocycles. The minimum Gasteiger partial charge on any atom is -0.397 e. The lowest BCUT2D eigenvalue weighted by Crippen LogP contribution is -2.43. The van der Waals surface area contributed by atoms with Crippen LogP contribution in [0.1, 0.15) is 23.5 Å². The third-order valence-corrected chi connectivity index (χ3v) is 5.75. The number of carbonyl (C=O) groups excluding carboxylic acids is 1. The number of carbonyl (C=O) groups is 1. The average molecular weight is 307 g/mol. The van der Waals surface area contributed by atoms with Crippen LogP contribution in [0.4, 0.5) is 5.69 Å². The maximum absolute atomic E-state index is 12.7. The van der Waals surface area contributed by atoms with Gasteiger partial charge in [0.05, 0.1) is 5.69 Å². The van der Waals surface area contributed by atoms with E-state index in [4.69, 9.17) is 5.73 Å². The van der Waals surface area contributed by atoms with Crippen LogP contribution in [0.15, 0.2) is 18.3 Å². The van der Waals surface area contributed by atoms with Gasteiger partial charge in [-0.1, -0.05) is 13.8 Å². The van der Waals surface area contributed by atoms with Crippen molar-refractivity contribution in [1.29, 1.82) is 0 Å². The molecule has 1 aliphatic heterocycles. The van der Waals surface area contributed by atoms with Crippen LogP contribution in [-0.2, 0) is 0 Å². The maximum Gasteiger partial charge on any atom is 0.266 e. The molecule has 0 saturated carbocycles. The van der Waals surface area contributed by atoms with E-state index in [0.29, 0.717) is 21.1 Å². The molecule has 3 rings (SSSR count). The Morgan fingerprint density at radius 3 is 2.75 bits per heavy atom. The van der Waals surface area contributed by atoms with E-state index in [-0.39, 0.29) is 5.91 Å². The largest absolute Gasteiger partial charge is 0.397 e. The normalized spacial score (nSPS) is 23.2. The zero-order valence-corrected chi connectivity index (χ0v) is 13.1. The molecule has 6 heteroatoms. The summed E-state index contributed by atoms with van der Waals surface area (Å²) in [5.74, 6) is 0.0458. The topological polar surface area (TPSA) is 59.2 Å². The van der Waals surface area contributed by atoms with E-state index in [2.05, 4.69) is 18.8 Å². The van der Waals surface area contributed by atoms with Gasteiger partial charge in [0.2, 0.25) is 0 Å². The standard InChI is InChI=1S/C14H17N3OS2/c1-8-6-17(7-9(2)19-8)14(18)12-11(15)10-4-3-5-16-13(10)20-12/h3-5,8-9H,6-7,15H2,1-2H3. The molecule has 0 bridgehead atoms. The highest BCUT2D eigenvalue weighted by Gasteiger charge is 2.29. The van der Waals surface area contributed by atoms with Crippen LogP contribution >= 0.6 is 23.1 Å². The fraction of sp³-hybridized carbons (Fsp3) is 0.429. The highest BCUT2D eigenvalue weighted by Crippen LogP contribution is 2.34. The molecule has 106 valence electrons. The number of anilines is 1. The zero-order valence-electron chi connectivity index (χ0n) is 11.5. The van der Waals surface area contributed by atoms with Gasteiger partial charge >= 0.3 is 0 Å². The summed E-state index contributed by atoms with van der Waals surface area (Å²) in [5, 5.41) is 1.82. The van der Waals surface area contributed by atoms with Gasteiger partial charge in [-0.15, -0.1) is 11.3 Å². The first kappa shape index (κ1) is 13.7. The fourth-order valence-electron chi connectivity index (χ4n) is 2.60. The van der Waals surface area contributed by atoms with Gasteiger partial charge in [0.1, 0.15) is 9.71 Å². The molecule has 1 fully saturated rings. The number of thiophene rings is 1. The number of rotatable bonds is 1. The summed E-state index contributed by atoms with van der Waals surface area (Å²) in [6, 6.07) is 3.77. The molecule has 2 atom stereocenters. The number of nitrogens with two attached hydrogens (primary N) is 1. The Morgan fingerprint density at radius 1 is 1.40 bits per heavy atom. The molecule has 2 unspecified atom stereocenters. The quantitative estimate of drug-likeness (QED) is 0.880. The number of pyridine rings is 1. The molecular weight excluding hydrogens is 290 g/mol. The Hall–Kier alpha value is -1.27. The van der Waals surface area contributed by atoms with E-state index in [9.17, 15) is 4.79 Å². The summed E-state index contributed by atoms with van der Waals surface area (Å²) in [7, 11) is 0. The van der Waals surface area contributed by atoms with Crippen molar-refractivity contribution in [3.8, 4) is 0 Å². The van der Waals surface area contributed by atoms with Crippen LogP contribution in [-0.4, -0.2) is 39.4 Å². The van der Waals surface area contributed by atoms with Crippen molar-refractivity contribution >= 4 is 44.9 Å². The Labute approximate surface area is 126 Å². The van der Waals surface area contributed by atoms with Crippen molar-refractivity contribution in [3.05, 3.63) is 23.2 Å². The lowest BCUT2D eigenvalue weighted by atomic mass is 10.2. The summed E-state index contributed by atoms with van der Waals surface area (Å²) in [4.78, 5) is 20.4. The van der Waals surface area contributed by atoms with E-state index < -0.39 is 0 Å². The number of nitrogens with zero attached hydrogens (tertiary/aromatic N) is 2. The highest BCUT2D eigenvalue weighted by molar-refractivity contribution is 8.00. The van der Waals surface area contributed by atoms with Gasteiger partial charge in [-0.2, -0.15) is 11.8 Å².